The Morgan fingerprint density at radius 1 is 1.58 bits per heavy atom. The van der Waals surface area contributed by atoms with E-state index < -0.39 is 5.41 Å². The normalized spacial score (nSPS) is 26.6. The second-order valence-corrected chi connectivity index (χ2v) is 5.22. The first kappa shape index (κ1) is 13.3. The number of amides is 1. The van der Waals surface area contributed by atoms with E-state index in [1.807, 2.05) is 19.9 Å². The van der Waals surface area contributed by atoms with Crippen LogP contribution in [0.1, 0.15) is 25.5 Å². The Morgan fingerprint density at radius 3 is 2.74 bits per heavy atom. The zero-order valence-corrected chi connectivity index (χ0v) is 11.1. The van der Waals surface area contributed by atoms with Crippen LogP contribution in [0.5, 0.6) is 0 Å². The zero-order valence-electron chi connectivity index (χ0n) is 11.1. The first-order valence-electron chi connectivity index (χ1n) is 6.20. The van der Waals surface area contributed by atoms with Crippen molar-refractivity contribution in [2.75, 3.05) is 5.32 Å². The van der Waals surface area contributed by atoms with Crippen LogP contribution in [-0.2, 0) is 4.79 Å². The first-order chi connectivity index (χ1) is 8.98. The molecular weight excluding hydrogens is 244 g/mol. The Balaban J connectivity index is 2.15. The molecular formula is C13H18N4O2. The summed E-state index contributed by atoms with van der Waals surface area (Å²) in [5.41, 5.74) is 6.28. The first-order valence-corrected chi connectivity index (χ1v) is 6.20. The summed E-state index contributed by atoms with van der Waals surface area (Å²) >= 11 is 0. The fraction of sp³-hybridized carbons (Fsp3) is 0.462. The summed E-state index contributed by atoms with van der Waals surface area (Å²) in [6.07, 6.45) is 2.78. The van der Waals surface area contributed by atoms with Gasteiger partial charge in [0.15, 0.2) is 5.84 Å². The smallest absolute Gasteiger partial charge is 0.238 e. The van der Waals surface area contributed by atoms with E-state index in [-0.39, 0.29) is 11.7 Å². The van der Waals surface area contributed by atoms with Crippen molar-refractivity contribution in [3.63, 3.8) is 0 Å². The lowest BCUT2D eigenvalue weighted by Gasteiger charge is -2.43. The summed E-state index contributed by atoms with van der Waals surface area (Å²) in [5, 5.41) is 14.6. The van der Waals surface area contributed by atoms with Gasteiger partial charge in [0.2, 0.25) is 5.91 Å². The zero-order chi connectivity index (χ0) is 14.0. The summed E-state index contributed by atoms with van der Waals surface area (Å²) in [6, 6.07) is 3.59. The Morgan fingerprint density at radius 2 is 2.26 bits per heavy atom. The number of nitrogens with two attached hydrogens (primary N) is 1. The average Bonchev–Trinajstić information content (AvgIpc) is 2.36. The van der Waals surface area contributed by atoms with Crippen LogP contribution in [0.2, 0.25) is 0 Å². The third kappa shape index (κ3) is 2.38. The molecule has 1 aromatic heterocycles. The molecule has 19 heavy (non-hydrogen) atoms. The number of carbonyl (C=O) groups is 1. The number of hydrogen-bond acceptors (Lipinski definition) is 4. The molecule has 0 aromatic carbocycles. The number of nitrogens with zero attached hydrogens (tertiary/aromatic N) is 2. The molecule has 1 aliphatic carbocycles. The molecule has 6 heteroatoms. The molecule has 1 heterocycles. The van der Waals surface area contributed by atoms with Crippen molar-refractivity contribution in [2.45, 2.75) is 26.7 Å². The van der Waals surface area contributed by atoms with Crippen molar-refractivity contribution in [3.8, 4) is 0 Å². The molecule has 4 N–H and O–H groups in total. The molecule has 6 nitrogen and oxygen atoms in total. The minimum atomic E-state index is -0.890. The highest BCUT2D eigenvalue weighted by atomic mass is 16.4. The lowest BCUT2D eigenvalue weighted by atomic mass is 9.61. The summed E-state index contributed by atoms with van der Waals surface area (Å²) in [6.45, 7) is 3.90. The van der Waals surface area contributed by atoms with Gasteiger partial charge in [0.1, 0.15) is 5.41 Å². The number of hydrogen-bond donors (Lipinski definition) is 3. The molecule has 0 saturated heterocycles. The quantitative estimate of drug-likeness (QED) is 0.332. The van der Waals surface area contributed by atoms with Gasteiger partial charge in [-0.1, -0.05) is 12.1 Å². The number of aryl methyl sites for hydroxylation is 1. The highest BCUT2D eigenvalue weighted by Gasteiger charge is 2.52. The number of rotatable bonds is 3. The third-order valence-corrected chi connectivity index (χ3v) is 3.60. The number of aromatic nitrogens is 1. The van der Waals surface area contributed by atoms with Crippen LogP contribution in [0, 0.1) is 18.3 Å². The summed E-state index contributed by atoms with van der Waals surface area (Å²) in [5.74, 6) is 0.122. The summed E-state index contributed by atoms with van der Waals surface area (Å²) < 4.78 is 0. The number of anilines is 1. The van der Waals surface area contributed by atoms with Gasteiger partial charge in [-0.2, -0.15) is 0 Å². The van der Waals surface area contributed by atoms with Crippen LogP contribution in [0.3, 0.4) is 0 Å². The van der Waals surface area contributed by atoms with E-state index in [9.17, 15) is 4.79 Å². The van der Waals surface area contributed by atoms with E-state index >= 15 is 0 Å². The fourth-order valence-electron chi connectivity index (χ4n) is 2.53. The molecule has 102 valence electrons. The van der Waals surface area contributed by atoms with E-state index in [0.717, 1.165) is 5.69 Å². The second kappa shape index (κ2) is 4.87. The third-order valence-electron chi connectivity index (χ3n) is 3.60. The van der Waals surface area contributed by atoms with Gasteiger partial charge in [-0.05, 0) is 37.8 Å². The maximum Gasteiger partial charge on any atom is 0.238 e. The highest BCUT2D eigenvalue weighted by molar-refractivity contribution is 6.12. The van der Waals surface area contributed by atoms with Gasteiger partial charge in [-0.15, -0.1) is 0 Å². The second-order valence-electron chi connectivity index (χ2n) is 5.22. The maximum absolute atomic E-state index is 12.3. The summed E-state index contributed by atoms with van der Waals surface area (Å²) in [7, 11) is 0. The fourth-order valence-corrected chi connectivity index (χ4v) is 2.53. The van der Waals surface area contributed by atoms with E-state index in [1.165, 1.54) is 0 Å². The predicted molar refractivity (Wildman–Crippen MR) is 71.8 cm³/mol. The summed E-state index contributed by atoms with van der Waals surface area (Å²) in [4.78, 5) is 16.4. The van der Waals surface area contributed by atoms with Gasteiger partial charge in [0.05, 0.1) is 11.9 Å². The number of nitrogens with one attached hydrogen (secondary N) is 1. The molecule has 1 aliphatic rings. The van der Waals surface area contributed by atoms with Crippen LogP contribution in [0.25, 0.3) is 0 Å². The minimum Gasteiger partial charge on any atom is -0.409 e. The number of oxime groups is 1. The van der Waals surface area contributed by atoms with Gasteiger partial charge >= 0.3 is 0 Å². The van der Waals surface area contributed by atoms with E-state index in [4.69, 9.17) is 10.9 Å². The Bertz CT molecular complexity index is 504. The van der Waals surface area contributed by atoms with Crippen LogP contribution in [-0.4, -0.2) is 21.9 Å². The molecule has 1 fully saturated rings. The number of amidine groups is 1. The number of carbonyl (C=O) groups excluding carboxylic acids is 1. The van der Waals surface area contributed by atoms with Crippen molar-refractivity contribution in [1.82, 2.24) is 4.98 Å². The Labute approximate surface area is 111 Å². The van der Waals surface area contributed by atoms with E-state index in [0.29, 0.717) is 24.4 Å². The number of pyridine rings is 1. The van der Waals surface area contributed by atoms with Gasteiger partial charge < -0.3 is 16.3 Å². The molecule has 1 aromatic rings. The molecule has 0 spiro atoms. The van der Waals surface area contributed by atoms with Gasteiger partial charge in [-0.3, -0.25) is 9.78 Å². The van der Waals surface area contributed by atoms with Gasteiger partial charge in [0.25, 0.3) is 0 Å². The van der Waals surface area contributed by atoms with Crippen molar-refractivity contribution in [1.29, 1.82) is 0 Å². The van der Waals surface area contributed by atoms with Crippen molar-refractivity contribution >= 4 is 17.4 Å². The van der Waals surface area contributed by atoms with E-state index in [1.54, 1.807) is 12.3 Å². The molecule has 1 saturated carbocycles. The van der Waals surface area contributed by atoms with Crippen LogP contribution in [0.15, 0.2) is 23.5 Å². The molecule has 0 aliphatic heterocycles. The lowest BCUT2D eigenvalue weighted by Crippen LogP contribution is -2.54. The molecule has 0 bridgehead atoms. The highest BCUT2D eigenvalue weighted by Crippen LogP contribution is 2.46. The van der Waals surface area contributed by atoms with Crippen LogP contribution < -0.4 is 11.1 Å². The van der Waals surface area contributed by atoms with Gasteiger partial charge in [0, 0.05) is 5.69 Å². The Kier molecular flexibility index (Phi) is 3.42. The van der Waals surface area contributed by atoms with Gasteiger partial charge in [-0.25, -0.2) is 0 Å². The van der Waals surface area contributed by atoms with Crippen molar-refractivity contribution in [3.05, 3.63) is 24.0 Å². The van der Waals surface area contributed by atoms with Crippen LogP contribution in [0.4, 0.5) is 5.69 Å². The molecule has 1 amide bonds. The molecule has 0 radical (unpaired) electrons. The van der Waals surface area contributed by atoms with Crippen molar-refractivity contribution < 1.29 is 10.0 Å². The lowest BCUT2D eigenvalue weighted by molar-refractivity contribution is -0.127. The topological polar surface area (TPSA) is 101 Å². The standard InChI is InChI=1S/C13H18N4O2/c1-8-5-13(6-8,11(14)17-19)12(18)16-10-4-3-9(2)15-7-10/h3-4,7-8,19H,5-6H2,1-2H3,(H2,14,17)(H,16,18). The van der Waals surface area contributed by atoms with E-state index in [2.05, 4.69) is 15.5 Å². The molecule has 2 rings (SSSR count). The Hall–Kier alpha value is -2.11. The monoisotopic (exact) mass is 262 g/mol. The maximum atomic E-state index is 12.3. The van der Waals surface area contributed by atoms with Crippen LogP contribution >= 0.6 is 0 Å². The largest absolute Gasteiger partial charge is 0.409 e. The van der Waals surface area contributed by atoms with Crippen molar-refractivity contribution in [2.24, 2.45) is 22.2 Å². The SMILES string of the molecule is Cc1ccc(NC(=O)C2(/C(N)=N/O)CC(C)C2)cn1. The average molecular weight is 262 g/mol. The molecule has 0 atom stereocenters. The minimum absolute atomic E-state index is 0.0248. The molecule has 0 unspecified atom stereocenters. The predicted octanol–water partition coefficient (Wildman–Crippen LogP) is 1.49.